The molecule has 1 aromatic heterocycles. The summed E-state index contributed by atoms with van der Waals surface area (Å²) in [5.74, 6) is -2.97. The number of pyridine rings is 1. The second-order valence-electron chi connectivity index (χ2n) is 4.22. The number of hydrogen-bond donors (Lipinski definition) is 0. The van der Waals surface area contributed by atoms with Gasteiger partial charge in [-0.05, 0) is 18.9 Å². The molecule has 98 valence electrons. The molecule has 0 atom stereocenters. The molecular formula is C12H14F2N2O2. The molecule has 0 bridgehead atoms. The third-order valence-electron chi connectivity index (χ3n) is 3.14. The van der Waals surface area contributed by atoms with Gasteiger partial charge in [0.2, 0.25) is 5.95 Å². The standard InChI is InChI=1S/C12H14F2N2O2/c1-16(8-3-6-18-7-4-8)12(17)9-2-5-15-11(14)10(9)13/h2,5,8H,3-4,6-7H2,1H3. The Kier molecular flexibility index (Phi) is 3.86. The van der Waals surface area contributed by atoms with Crippen LogP contribution < -0.4 is 0 Å². The van der Waals surface area contributed by atoms with Crippen molar-refractivity contribution >= 4 is 5.91 Å². The van der Waals surface area contributed by atoms with Crippen LogP contribution in [0.15, 0.2) is 12.3 Å². The van der Waals surface area contributed by atoms with Crippen molar-refractivity contribution in [3.05, 3.63) is 29.6 Å². The maximum atomic E-state index is 13.5. The average Bonchev–Trinajstić information content (AvgIpc) is 2.41. The molecule has 1 aliphatic heterocycles. The van der Waals surface area contributed by atoms with Gasteiger partial charge in [0.05, 0.1) is 5.56 Å². The first-order chi connectivity index (χ1) is 8.61. The normalized spacial score (nSPS) is 16.6. The molecule has 0 unspecified atom stereocenters. The van der Waals surface area contributed by atoms with Gasteiger partial charge >= 0.3 is 0 Å². The van der Waals surface area contributed by atoms with Crippen molar-refractivity contribution in [2.24, 2.45) is 0 Å². The van der Waals surface area contributed by atoms with Gasteiger partial charge in [-0.15, -0.1) is 0 Å². The molecule has 18 heavy (non-hydrogen) atoms. The van der Waals surface area contributed by atoms with Crippen molar-refractivity contribution in [1.82, 2.24) is 9.88 Å². The van der Waals surface area contributed by atoms with E-state index in [9.17, 15) is 13.6 Å². The molecule has 0 N–H and O–H groups in total. The van der Waals surface area contributed by atoms with E-state index in [1.54, 1.807) is 7.05 Å². The summed E-state index contributed by atoms with van der Waals surface area (Å²) in [6.45, 7) is 1.16. The minimum atomic E-state index is -1.25. The molecule has 2 heterocycles. The number of amides is 1. The number of ether oxygens (including phenoxy) is 1. The SMILES string of the molecule is CN(C(=O)c1ccnc(F)c1F)C1CCOCC1. The third kappa shape index (κ3) is 2.48. The summed E-state index contributed by atoms with van der Waals surface area (Å²) in [5, 5.41) is 0. The molecule has 2 rings (SSSR count). The zero-order valence-corrected chi connectivity index (χ0v) is 10.0. The van der Waals surface area contributed by atoms with E-state index in [0.717, 1.165) is 6.20 Å². The summed E-state index contributed by atoms with van der Waals surface area (Å²) in [6, 6.07) is 1.19. The zero-order valence-electron chi connectivity index (χ0n) is 10.0. The second kappa shape index (κ2) is 5.39. The first kappa shape index (κ1) is 12.9. The third-order valence-corrected chi connectivity index (χ3v) is 3.14. The highest BCUT2D eigenvalue weighted by Crippen LogP contribution is 2.17. The molecule has 1 saturated heterocycles. The van der Waals surface area contributed by atoms with E-state index in [-0.39, 0.29) is 11.6 Å². The fraction of sp³-hybridized carbons (Fsp3) is 0.500. The van der Waals surface area contributed by atoms with Gasteiger partial charge in [-0.1, -0.05) is 0 Å². The van der Waals surface area contributed by atoms with Crippen LogP contribution in [0.2, 0.25) is 0 Å². The molecule has 0 spiro atoms. The Bertz CT molecular complexity index is 448. The molecule has 1 aliphatic rings. The minimum absolute atomic E-state index is 0.00174. The van der Waals surface area contributed by atoms with Crippen LogP contribution in [0.25, 0.3) is 0 Å². The van der Waals surface area contributed by atoms with Crippen LogP contribution >= 0.6 is 0 Å². The highest BCUT2D eigenvalue weighted by Gasteiger charge is 2.26. The number of halogens is 2. The van der Waals surface area contributed by atoms with Gasteiger partial charge in [-0.3, -0.25) is 4.79 Å². The predicted octanol–water partition coefficient (Wildman–Crippen LogP) is 1.61. The number of nitrogens with zero attached hydrogens (tertiary/aromatic N) is 2. The fourth-order valence-electron chi connectivity index (χ4n) is 2.01. The van der Waals surface area contributed by atoms with Gasteiger partial charge in [0.1, 0.15) is 0 Å². The molecular weight excluding hydrogens is 242 g/mol. The summed E-state index contributed by atoms with van der Waals surface area (Å²) >= 11 is 0. The van der Waals surface area contributed by atoms with Crippen LogP contribution in [-0.4, -0.2) is 42.1 Å². The van der Waals surface area contributed by atoms with Crippen molar-refractivity contribution in [2.75, 3.05) is 20.3 Å². The van der Waals surface area contributed by atoms with Crippen LogP contribution in [0.1, 0.15) is 23.2 Å². The Morgan fingerprint density at radius 3 is 2.78 bits per heavy atom. The van der Waals surface area contributed by atoms with E-state index in [2.05, 4.69) is 4.98 Å². The summed E-state index contributed by atoms with van der Waals surface area (Å²) in [7, 11) is 1.59. The van der Waals surface area contributed by atoms with Crippen LogP contribution in [0, 0.1) is 11.8 Å². The van der Waals surface area contributed by atoms with Gasteiger partial charge < -0.3 is 9.64 Å². The summed E-state index contributed by atoms with van der Waals surface area (Å²) < 4.78 is 31.6. The highest BCUT2D eigenvalue weighted by atomic mass is 19.2. The Hall–Kier alpha value is -1.56. The van der Waals surface area contributed by atoms with Crippen LogP contribution in [-0.2, 0) is 4.74 Å². The van der Waals surface area contributed by atoms with Crippen molar-refractivity contribution in [2.45, 2.75) is 18.9 Å². The minimum Gasteiger partial charge on any atom is -0.381 e. The Balaban J connectivity index is 2.17. The molecule has 1 aromatic rings. The predicted molar refractivity (Wildman–Crippen MR) is 60.1 cm³/mol. The van der Waals surface area contributed by atoms with E-state index in [0.29, 0.717) is 26.1 Å². The molecule has 4 nitrogen and oxygen atoms in total. The lowest BCUT2D eigenvalue weighted by atomic mass is 10.1. The maximum Gasteiger partial charge on any atom is 0.257 e. The molecule has 0 aliphatic carbocycles. The topological polar surface area (TPSA) is 42.4 Å². The largest absolute Gasteiger partial charge is 0.381 e. The molecule has 1 amide bonds. The molecule has 0 saturated carbocycles. The van der Waals surface area contributed by atoms with E-state index in [1.807, 2.05) is 0 Å². The van der Waals surface area contributed by atoms with E-state index >= 15 is 0 Å². The lowest BCUT2D eigenvalue weighted by molar-refractivity contribution is 0.0359. The summed E-state index contributed by atoms with van der Waals surface area (Å²) in [4.78, 5) is 16.7. The summed E-state index contributed by atoms with van der Waals surface area (Å²) in [5.41, 5.74) is -0.281. The fourth-order valence-corrected chi connectivity index (χ4v) is 2.01. The lowest BCUT2D eigenvalue weighted by Gasteiger charge is -2.31. The lowest BCUT2D eigenvalue weighted by Crippen LogP contribution is -2.41. The first-order valence-corrected chi connectivity index (χ1v) is 5.76. The first-order valence-electron chi connectivity index (χ1n) is 5.76. The molecule has 6 heteroatoms. The highest BCUT2D eigenvalue weighted by molar-refractivity contribution is 5.94. The van der Waals surface area contributed by atoms with Crippen molar-refractivity contribution in [3.63, 3.8) is 0 Å². The number of carbonyl (C=O) groups excluding carboxylic acids is 1. The number of carbonyl (C=O) groups is 1. The van der Waals surface area contributed by atoms with E-state index in [1.165, 1.54) is 11.0 Å². The Labute approximate surface area is 104 Å². The molecule has 0 radical (unpaired) electrons. The Morgan fingerprint density at radius 1 is 1.44 bits per heavy atom. The maximum absolute atomic E-state index is 13.5. The smallest absolute Gasteiger partial charge is 0.257 e. The van der Waals surface area contributed by atoms with E-state index < -0.39 is 17.7 Å². The van der Waals surface area contributed by atoms with Gasteiger partial charge in [-0.25, -0.2) is 9.37 Å². The Morgan fingerprint density at radius 2 is 2.11 bits per heavy atom. The monoisotopic (exact) mass is 256 g/mol. The van der Waals surface area contributed by atoms with Crippen molar-refractivity contribution < 1.29 is 18.3 Å². The zero-order chi connectivity index (χ0) is 13.1. The number of aromatic nitrogens is 1. The molecule has 0 aromatic carbocycles. The molecule has 1 fully saturated rings. The van der Waals surface area contributed by atoms with Gasteiger partial charge in [0.25, 0.3) is 5.91 Å². The van der Waals surface area contributed by atoms with Crippen LogP contribution in [0.3, 0.4) is 0 Å². The van der Waals surface area contributed by atoms with Crippen molar-refractivity contribution in [1.29, 1.82) is 0 Å². The quantitative estimate of drug-likeness (QED) is 0.755. The van der Waals surface area contributed by atoms with Gasteiger partial charge in [0.15, 0.2) is 5.82 Å². The van der Waals surface area contributed by atoms with Crippen LogP contribution in [0.4, 0.5) is 8.78 Å². The number of hydrogen-bond acceptors (Lipinski definition) is 3. The van der Waals surface area contributed by atoms with E-state index in [4.69, 9.17) is 4.74 Å². The van der Waals surface area contributed by atoms with Crippen molar-refractivity contribution in [3.8, 4) is 0 Å². The van der Waals surface area contributed by atoms with Crippen LogP contribution in [0.5, 0.6) is 0 Å². The summed E-state index contributed by atoms with van der Waals surface area (Å²) in [6.07, 6.45) is 2.50. The number of rotatable bonds is 2. The average molecular weight is 256 g/mol. The van der Waals surface area contributed by atoms with Gasteiger partial charge in [0, 0.05) is 32.5 Å². The van der Waals surface area contributed by atoms with Gasteiger partial charge in [-0.2, -0.15) is 4.39 Å². The second-order valence-corrected chi connectivity index (χ2v) is 4.22.